The van der Waals surface area contributed by atoms with Gasteiger partial charge in [-0.2, -0.15) is 0 Å². The minimum atomic E-state index is -0.161. The highest BCUT2D eigenvalue weighted by Crippen LogP contribution is 2.26. The lowest BCUT2D eigenvalue weighted by atomic mass is 10.3. The summed E-state index contributed by atoms with van der Waals surface area (Å²) in [6, 6.07) is 7.49. The number of hydrogen-bond donors (Lipinski definition) is 0. The highest BCUT2D eigenvalue weighted by molar-refractivity contribution is 6.30. The van der Waals surface area contributed by atoms with Crippen molar-refractivity contribution >= 4 is 17.3 Å². The smallest absolute Gasteiger partial charge is 0.185 e. The lowest BCUT2D eigenvalue weighted by molar-refractivity contribution is -0.115. The predicted molar refractivity (Wildman–Crippen MR) is 59.3 cm³/mol. The van der Waals surface area contributed by atoms with E-state index in [1.165, 1.54) is 0 Å². The Morgan fingerprint density at radius 1 is 1.47 bits per heavy atom. The molecule has 0 aromatic heterocycles. The second-order valence-corrected chi connectivity index (χ2v) is 3.65. The molecule has 1 unspecified atom stereocenters. The molecule has 1 fully saturated rings. The fraction of sp³-hybridized carbons (Fsp3) is 0.364. The first-order chi connectivity index (χ1) is 7.29. The van der Waals surface area contributed by atoms with Crippen LogP contribution in [0.2, 0.25) is 5.02 Å². The Hall–Kier alpha value is -0.770. The maximum atomic E-state index is 5.80. The zero-order valence-electron chi connectivity index (χ0n) is 8.52. The van der Waals surface area contributed by atoms with Crippen molar-refractivity contribution in [3.05, 3.63) is 35.8 Å². The summed E-state index contributed by atoms with van der Waals surface area (Å²) in [6.45, 7) is 4.57. The van der Waals surface area contributed by atoms with Gasteiger partial charge < -0.3 is 4.74 Å². The van der Waals surface area contributed by atoms with E-state index in [0.717, 1.165) is 17.1 Å². The number of ether oxygens (including phenoxy) is 1. The highest BCUT2D eigenvalue weighted by atomic mass is 35.5. The molecule has 1 aromatic rings. The molecule has 1 aliphatic heterocycles. The van der Waals surface area contributed by atoms with Gasteiger partial charge >= 0.3 is 0 Å². The van der Waals surface area contributed by atoms with Crippen LogP contribution in [0, 0.1) is 6.54 Å². The molecule has 1 radical (unpaired) electrons. The molecule has 0 saturated carbocycles. The molecule has 1 atom stereocenters. The van der Waals surface area contributed by atoms with Crippen LogP contribution in [-0.2, 0) is 9.57 Å². The van der Waals surface area contributed by atoms with Crippen molar-refractivity contribution in [2.75, 3.05) is 11.7 Å². The number of rotatable bonds is 3. The molecule has 0 bridgehead atoms. The summed E-state index contributed by atoms with van der Waals surface area (Å²) >= 11 is 5.80. The van der Waals surface area contributed by atoms with Crippen LogP contribution in [0.3, 0.4) is 0 Å². The van der Waals surface area contributed by atoms with Gasteiger partial charge in [-0.05, 0) is 31.2 Å². The molecule has 4 heteroatoms. The standard InChI is InChI=1S/C11H13ClNO2/c1-2-14-11-7-8-13(15-11)10-5-3-9(12)4-6-10/h3-6,8,11H,2,7H2,1H3. The molecule has 1 heterocycles. The number of anilines is 1. The first-order valence-corrected chi connectivity index (χ1v) is 5.34. The lowest BCUT2D eigenvalue weighted by Gasteiger charge is -2.17. The van der Waals surface area contributed by atoms with Crippen molar-refractivity contribution in [2.45, 2.75) is 19.6 Å². The third kappa shape index (κ3) is 2.62. The molecule has 0 spiro atoms. The zero-order chi connectivity index (χ0) is 10.7. The van der Waals surface area contributed by atoms with Gasteiger partial charge in [0, 0.05) is 18.1 Å². The van der Waals surface area contributed by atoms with Crippen molar-refractivity contribution < 1.29 is 9.57 Å². The number of halogens is 1. The summed E-state index contributed by atoms with van der Waals surface area (Å²) < 4.78 is 5.36. The van der Waals surface area contributed by atoms with E-state index in [4.69, 9.17) is 21.2 Å². The molecular weight excluding hydrogens is 214 g/mol. The average Bonchev–Trinajstić information content (AvgIpc) is 2.68. The Labute approximate surface area is 94.5 Å². The van der Waals surface area contributed by atoms with Crippen LogP contribution in [0.4, 0.5) is 5.69 Å². The second-order valence-electron chi connectivity index (χ2n) is 3.21. The van der Waals surface area contributed by atoms with Gasteiger partial charge in [0.2, 0.25) is 0 Å². The maximum absolute atomic E-state index is 5.80. The fourth-order valence-corrected chi connectivity index (χ4v) is 1.56. The molecule has 1 saturated heterocycles. The fourth-order valence-electron chi connectivity index (χ4n) is 1.43. The van der Waals surface area contributed by atoms with Crippen LogP contribution >= 0.6 is 11.6 Å². The Balaban J connectivity index is 1.98. The monoisotopic (exact) mass is 226 g/mol. The molecule has 1 aliphatic rings. The SMILES string of the molecule is CCOC1C[CH]N(c2ccc(Cl)cc2)O1. The first kappa shape index (κ1) is 10.7. The molecule has 15 heavy (non-hydrogen) atoms. The Morgan fingerprint density at radius 3 is 2.87 bits per heavy atom. The van der Waals surface area contributed by atoms with E-state index < -0.39 is 0 Å². The summed E-state index contributed by atoms with van der Waals surface area (Å²) in [4.78, 5) is 5.54. The number of hydroxylamine groups is 1. The van der Waals surface area contributed by atoms with E-state index in [2.05, 4.69) is 0 Å². The molecule has 3 nitrogen and oxygen atoms in total. The van der Waals surface area contributed by atoms with E-state index in [1.54, 1.807) is 5.06 Å². The summed E-state index contributed by atoms with van der Waals surface area (Å²) in [5, 5.41) is 2.44. The Kier molecular flexibility index (Phi) is 3.46. The van der Waals surface area contributed by atoms with E-state index >= 15 is 0 Å². The summed E-state index contributed by atoms with van der Waals surface area (Å²) in [5.41, 5.74) is 0.960. The normalized spacial score (nSPS) is 20.9. The molecule has 0 N–H and O–H groups in total. The number of hydrogen-bond acceptors (Lipinski definition) is 3. The maximum Gasteiger partial charge on any atom is 0.185 e. The minimum absolute atomic E-state index is 0.161. The van der Waals surface area contributed by atoms with E-state index in [1.807, 2.05) is 37.7 Å². The van der Waals surface area contributed by atoms with E-state index in [-0.39, 0.29) is 6.29 Å². The molecule has 81 valence electrons. The molecule has 0 aliphatic carbocycles. The van der Waals surface area contributed by atoms with Gasteiger partial charge in [0.1, 0.15) is 0 Å². The third-order valence-electron chi connectivity index (χ3n) is 2.13. The van der Waals surface area contributed by atoms with E-state index in [9.17, 15) is 0 Å². The molecule has 2 rings (SSSR count). The largest absolute Gasteiger partial charge is 0.350 e. The van der Waals surface area contributed by atoms with Crippen molar-refractivity contribution in [3.63, 3.8) is 0 Å². The van der Waals surface area contributed by atoms with Gasteiger partial charge in [0.15, 0.2) is 6.29 Å². The average molecular weight is 227 g/mol. The number of benzene rings is 1. The van der Waals surface area contributed by atoms with Crippen LogP contribution in [0.25, 0.3) is 0 Å². The van der Waals surface area contributed by atoms with Crippen LogP contribution in [-0.4, -0.2) is 12.9 Å². The van der Waals surface area contributed by atoms with Gasteiger partial charge in [0.05, 0.1) is 12.2 Å². The van der Waals surface area contributed by atoms with Crippen molar-refractivity contribution in [3.8, 4) is 0 Å². The van der Waals surface area contributed by atoms with Crippen molar-refractivity contribution in [1.82, 2.24) is 0 Å². The topological polar surface area (TPSA) is 21.7 Å². The van der Waals surface area contributed by atoms with Gasteiger partial charge in [0.25, 0.3) is 0 Å². The summed E-state index contributed by atoms with van der Waals surface area (Å²) in [5.74, 6) is 0. The van der Waals surface area contributed by atoms with Gasteiger partial charge in [-0.15, -0.1) is 0 Å². The van der Waals surface area contributed by atoms with Crippen molar-refractivity contribution in [1.29, 1.82) is 0 Å². The predicted octanol–water partition coefficient (Wildman–Crippen LogP) is 3.01. The van der Waals surface area contributed by atoms with E-state index in [0.29, 0.717) is 6.61 Å². The van der Waals surface area contributed by atoms with Gasteiger partial charge in [-0.3, -0.25) is 0 Å². The first-order valence-electron chi connectivity index (χ1n) is 4.96. The Morgan fingerprint density at radius 2 is 2.20 bits per heavy atom. The van der Waals surface area contributed by atoms with Gasteiger partial charge in [-0.1, -0.05) is 11.6 Å². The molecular formula is C11H13ClNO2. The Bertz CT molecular complexity index is 315. The third-order valence-corrected chi connectivity index (χ3v) is 2.38. The lowest BCUT2D eigenvalue weighted by Crippen LogP contribution is -2.18. The quantitative estimate of drug-likeness (QED) is 0.791. The van der Waals surface area contributed by atoms with Crippen molar-refractivity contribution in [2.24, 2.45) is 0 Å². The van der Waals surface area contributed by atoms with Crippen LogP contribution < -0.4 is 5.06 Å². The van der Waals surface area contributed by atoms with Gasteiger partial charge in [-0.25, -0.2) is 9.90 Å². The molecule has 0 amide bonds. The minimum Gasteiger partial charge on any atom is -0.350 e. The van der Waals surface area contributed by atoms with Crippen LogP contribution in [0.5, 0.6) is 0 Å². The summed E-state index contributed by atoms with van der Waals surface area (Å²) in [7, 11) is 0. The van der Waals surface area contributed by atoms with Crippen LogP contribution in [0.1, 0.15) is 13.3 Å². The molecule has 1 aromatic carbocycles. The highest BCUT2D eigenvalue weighted by Gasteiger charge is 2.24. The second kappa shape index (κ2) is 4.84. The number of nitrogens with zero attached hydrogens (tertiary/aromatic N) is 1. The zero-order valence-corrected chi connectivity index (χ0v) is 9.28. The van der Waals surface area contributed by atoms with Crippen LogP contribution in [0.15, 0.2) is 24.3 Å². The summed E-state index contributed by atoms with van der Waals surface area (Å²) in [6.07, 6.45) is 0.613.